The molecule has 2 aliphatic heterocycles. The van der Waals surface area contributed by atoms with Crippen molar-refractivity contribution in [2.24, 2.45) is 0 Å². The summed E-state index contributed by atoms with van der Waals surface area (Å²) in [6.45, 7) is 7.73. The van der Waals surface area contributed by atoms with Gasteiger partial charge in [-0.25, -0.2) is 4.98 Å². The van der Waals surface area contributed by atoms with Crippen molar-refractivity contribution in [3.63, 3.8) is 0 Å². The van der Waals surface area contributed by atoms with Crippen LogP contribution in [-0.4, -0.2) is 51.4 Å². The van der Waals surface area contributed by atoms with Crippen LogP contribution in [0.25, 0.3) is 0 Å². The van der Waals surface area contributed by atoms with Crippen LogP contribution in [-0.2, 0) is 11.3 Å². The molecule has 0 radical (unpaired) electrons. The summed E-state index contributed by atoms with van der Waals surface area (Å²) in [7, 11) is 0. The van der Waals surface area contributed by atoms with Crippen molar-refractivity contribution in [2.75, 3.05) is 25.0 Å². The Morgan fingerprint density at radius 1 is 1.38 bits per heavy atom. The molecule has 4 heterocycles. The smallest absolute Gasteiger partial charge is 0.148 e. The molecule has 6 nitrogen and oxygen atoms in total. The number of rotatable bonds is 4. The van der Waals surface area contributed by atoms with E-state index in [0.29, 0.717) is 6.04 Å². The van der Waals surface area contributed by atoms with Crippen molar-refractivity contribution in [1.29, 1.82) is 0 Å². The number of nitrogens with one attached hydrogen (secondary N) is 1. The monoisotopic (exact) mass is 345 g/mol. The van der Waals surface area contributed by atoms with Crippen molar-refractivity contribution in [3.8, 4) is 0 Å². The first-order valence-corrected chi connectivity index (χ1v) is 9.32. The van der Waals surface area contributed by atoms with E-state index < -0.39 is 0 Å². The zero-order valence-electron chi connectivity index (χ0n) is 14.2. The zero-order valence-corrected chi connectivity index (χ0v) is 15.0. The molecule has 24 heavy (non-hydrogen) atoms. The molecule has 0 aromatic carbocycles. The molecule has 2 aromatic heterocycles. The topological polar surface area (TPSA) is 63.2 Å². The van der Waals surface area contributed by atoms with Crippen molar-refractivity contribution >= 4 is 17.2 Å². The molecule has 2 aliphatic rings. The van der Waals surface area contributed by atoms with Gasteiger partial charge >= 0.3 is 0 Å². The molecular formula is C17H23N5OS. The highest BCUT2D eigenvalue weighted by Gasteiger charge is 2.45. The molecule has 2 aromatic rings. The predicted molar refractivity (Wildman–Crippen MR) is 94.2 cm³/mol. The Morgan fingerprint density at radius 3 is 3.04 bits per heavy atom. The lowest BCUT2D eigenvalue weighted by atomic mass is 9.97. The number of ether oxygens (including phenoxy) is 1. The van der Waals surface area contributed by atoms with Gasteiger partial charge < -0.3 is 10.1 Å². The van der Waals surface area contributed by atoms with Gasteiger partial charge in [-0.05, 0) is 32.4 Å². The van der Waals surface area contributed by atoms with Gasteiger partial charge in [-0.3, -0.25) is 4.90 Å². The fourth-order valence-electron chi connectivity index (χ4n) is 3.68. The second-order valence-corrected chi connectivity index (χ2v) is 7.98. The summed E-state index contributed by atoms with van der Waals surface area (Å²) < 4.78 is 6.21. The number of likely N-dealkylation sites (tertiary alicyclic amines) is 1. The number of nitrogens with zero attached hydrogens (tertiary/aromatic N) is 4. The lowest BCUT2D eigenvalue weighted by Crippen LogP contribution is -2.33. The third-order valence-corrected chi connectivity index (χ3v) is 5.63. The van der Waals surface area contributed by atoms with Gasteiger partial charge in [-0.1, -0.05) is 0 Å². The maximum Gasteiger partial charge on any atom is 0.148 e. The molecule has 0 unspecified atom stereocenters. The summed E-state index contributed by atoms with van der Waals surface area (Å²) in [6, 6.07) is 4.27. The number of aryl methyl sites for hydroxylation is 2. The van der Waals surface area contributed by atoms with Gasteiger partial charge in [0, 0.05) is 31.4 Å². The van der Waals surface area contributed by atoms with Crippen molar-refractivity contribution < 1.29 is 4.74 Å². The lowest BCUT2D eigenvalue weighted by molar-refractivity contribution is 0.0119. The third kappa shape index (κ3) is 3.43. The van der Waals surface area contributed by atoms with E-state index in [2.05, 4.69) is 37.7 Å². The summed E-state index contributed by atoms with van der Waals surface area (Å²) in [5.41, 5.74) is 2.10. The minimum absolute atomic E-state index is 0.0130. The van der Waals surface area contributed by atoms with Gasteiger partial charge in [0.05, 0.1) is 34.6 Å². The van der Waals surface area contributed by atoms with Crippen LogP contribution < -0.4 is 5.32 Å². The van der Waals surface area contributed by atoms with Gasteiger partial charge in [0.15, 0.2) is 0 Å². The number of anilines is 1. The highest BCUT2D eigenvalue weighted by molar-refractivity contribution is 7.09. The zero-order chi connectivity index (χ0) is 16.6. The Kier molecular flexibility index (Phi) is 4.24. The summed E-state index contributed by atoms with van der Waals surface area (Å²) in [6.07, 6.45) is 2.11. The van der Waals surface area contributed by atoms with Gasteiger partial charge in [-0.15, -0.1) is 16.4 Å². The molecule has 2 atom stereocenters. The minimum Gasteiger partial charge on any atom is -0.371 e. The average molecular weight is 345 g/mol. The van der Waals surface area contributed by atoms with Crippen molar-refractivity contribution in [3.05, 3.63) is 33.9 Å². The van der Waals surface area contributed by atoms with Gasteiger partial charge in [-0.2, -0.15) is 5.10 Å². The van der Waals surface area contributed by atoms with E-state index in [1.54, 1.807) is 11.3 Å². The summed E-state index contributed by atoms with van der Waals surface area (Å²) >= 11 is 1.72. The number of thiazole rings is 1. The number of aromatic nitrogens is 3. The van der Waals surface area contributed by atoms with Crippen LogP contribution in [0.3, 0.4) is 0 Å². The summed E-state index contributed by atoms with van der Waals surface area (Å²) in [4.78, 5) is 7.04. The Balaban J connectivity index is 1.33. The van der Waals surface area contributed by atoms with E-state index in [1.165, 1.54) is 5.69 Å². The van der Waals surface area contributed by atoms with Crippen LogP contribution in [0.15, 0.2) is 17.5 Å². The molecule has 0 saturated carbocycles. The standard InChI is InChI=1S/C17H23N5OS/c1-12-3-4-16(21-20-12)19-14-7-17(23-9-14)5-6-22(11-17)8-15-10-24-13(2)18-15/h3-4,10,14H,5-9,11H2,1-2H3,(H,19,21)/t14-,17+/m0/s1. The first-order chi connectivity index (χ1) is 11.6. The maximum atomic E-state index is 6.21. The van der Waals surface area contributed by atoms with Crippen LogP contribution in [0, 0.1) is 13.8 Å². The van der Waals surface area contributed by atoms with Crippen molar-refractivity contribution in [2.45, 2.75) is 44.9 Å². The molecule has 0 bridgehead atoms. The molecular weight excluding hydrogens is 322 g/mol. The van der Waals surface area contributed by atoms with Gasteiger partial charge in [0.1, 0.15) is 5.82 Å². The van der Waals surface area contributed by atoms with E-state index in [1.807, 2.05) is 19.1 Å². The lowest BCUT2D eigenvalue weighted by Gasteiger charge is -2.23. The Hall–Kier alpha value is -1.57. The number of hydrogen-bond acceptors (Lipinski definition) is 7. The molecule has 128 valence electrons. The SMILES string of the molecule is Cc1ccc(N[C@@H]2CO[C@]3(CCN(Cc4csc(C)n4)C3)C2)nn1. The molecule has 7 heteroatoms. The van der Waals surface area contributed by atoms with Crippen LogP contribution in [0.5, 0.6) is 0 Å². The second kappa shape index (κ2) is 6.38. The van der Waals surface area contributed by atoms with Gasteiger partial charge in [0.2, 0.25) is 0 Å². The molecule has 4 rings (SSSR count). The van der Waals surface area contributed by atoms with Crippen LogP contribution in [0.1, 0.15) is 29.2 Å². The Bertz CT molecular complexity index is 703. The quantitative estimate of drug-likeness (QED) is 0.918. The molecule has 1 spiro atoms. The molecule has 2 fully saturated rings. The summed E-state index contributed by atoms with van der Waals surface area (Å²) in [5.74, 6) is 0.832. The molecule has 0 aliphatic carbocycles. The first-order valence-electron chi connectivity index (χ1n) is 8.44. The molecule has 2 saturated heterocycles. The fourth-order valence-corrected chi connectivity index (χ4v) is 4.28. The average Bonchev–Trinajstić information content (AvgIpc) is 3.25. The predicted octanol–water partition coefficient (Wildman–Crippen LogP) is 2.40. The Morgan fingerprint density at radius 2 is 2.29 bits per heavy atom. The normalized spacial score (nSPS) is 27.2. The highest BCUT2D eigenvalue weighted by atomic mass is 32.1. The van der Waals surface area contributed by atoms with E-state index in [-0.39, 0.29) is 5.60 Å². The van der Waals surface area contributed by atoms with E-state index in [4.69, 9.17) is 4.74 Å². The summed E-state index contributed by atoms with van der Waals surface area (Å²) in [5, 5.41) is 15.1. The minimum atomic E-state index is -0.0130. The van der Waals surface area contributed by atoms with E-state index in [9.17, 15) is 0 Å². The van der Waals surface area contributed by atoms with E-state index >= 15 is 0 Å². The van der Waals surface area contributed by atoms with E-state index in [0.717, 1.165) is 55.6 Å². The molecule has 0 amide bonds. The van der Waals surface area contributed by atoms with Crippen LogP contribution >= 0.6 is 11.3 Å². The van der Waals surface area contributed by atoms with Crippen molar-refractivity contribution in [1.82, 2.24) is 20.1 Å². The van der Waals surface area contributed by atoms with Crippen LogP contribution in [0.2, 0.25) is 0 Å². The number of hydrogen-bond donors (Lipinski definition) is 1. The van der Waals surface area contributed by atoms with Gasteiger partial charge in [0.25, 0.3) is 0 Å². The largest absolute Gasteiger partial charge is 0.371 e. The second-order valence-electron chi connectivity index (χ2n) is 6.92. The highest BCUT2D eigenvalue weighted by Crippen LogP contribution is 2.36. The first kappa shape index (κ1) is 15.9. The molecule has 1 N–H and O–H groups in total. The third-order valence-electron chi connectivity index (χ3n) is 4.81. The maximum absolute atomic E-state index is 6.21. The fraction of sp³-hybridized carbons (Fsp3) is 0.588. The Labute approximate surface area is 146 Å². The van der Waals surface area contributed by atoms with Crippen LogP contribution in [0.4, 0.5) is 5.82 Å².